The van der Waals surface area contributed by atoms with Crippen LogP contribution in [-0.2, 0) is 5.41 Å². The smallest absolute Gasteiger partial charge is 1.00 e. The van der Waals surface area contributed by atoms with Gasteiger partial charge in [0.15, 0.2) is 0 Å². The van der Waals surface area contributed by atoms with Gasteiger partial charge in [-0.1, -0.05) is 0 Å². The number of hydrogen-bond donors (Lipinski definition) is 0. The molecule has 0 N–H and O–H groups in total. The second kappa shape index (κ2) is 11.2. The minimum atomic E-state index is -0.822. The average Bonchev–Trinajstić information content (AvgIpc) is 3.03. The molecule has 0 saturated carbocycles. The Morgan fingerprint density at radius 3 is 1.74 bits per heavy atom. The van der Waals surface area contributed by atoms with Gasteiger partial charge in [-0.25, -0.2) is 0 Å². The Morgan fingerprint density at radius 1 is 0.800 bits per heavy atom. The summed E-state index contributed by atoms with van der Waals surface area (Å²) in [7, 11) is 4.90. The zero-order chi connectivity index (χ0) is 23.6. The summed E-state index contributed by atoms with van der Waals surface area (Å²) in [6.07, 6.45) is 6.53. The number of hydrogen-bond acceptors (Lipinski definition) is 1. The van der Waals surface area contributed by atoms with Crippen LogP contribution in [0, 0.1) is 5.92 Å². The number of fused-ring (bicyclic) bond motifs is 2. The molecule has 0 aliphatic carbocycles. The maximum atomic E-state index is 13.3. The maximum absolute atomic E-state index is 13.3. The van der Waals surface area contributed by atoms with Crippen LogP contribution in [0.25, 0.3) is 0 Å². The Kier molecular flexibility index (Phi) is 8.41. The summed E-state index contributed by atoms with van der Waals surface area (Å²) < 4.78 is 1.58. The van der Waals surface area contributed by atoms with Crippen molar-refractivity contribution in [2.24, 2.45) is 5.92 Å². The van der Waals surface area contributed by atoms with Gasteiger partial charge < -0.3 is 17.0 Å². The van der Waals surface area contributed by atoms with Crippen molar-refractivity contribution in [3.8, 4) is 0 Å². The predicted molar refractivity (Wildman–Crippen MR) is 143 cm³/mol. The zero-order valence-corrected chi connectivity index (χ0v) is 24.6. The molecular weight excluding hydrogens is 557 g/mol. The number of quaternary nitrogens is 1. The fraction of sp³-hybridized carbons (Fsp3) is 0.387. The molecule has 0 aromatic heterocycles. The Hall–Kier alpha value is -1.67. The number of piperidine rings is 1. The van der Waals surface area contributed by atoms with Gasteiger partial charge in [0.05, 0.1) is 0 Å². The van der Waals surface area contributed by atoms with Crippen LogP contribution in [0.1, 0.15) is 53.6 Å². The summed E-state index contributed by atoms with van der Waals surface area (Å²) in [5.74, 6) is 0.711. The number of benzene rings is 3. The summed E-state index contributed by atoms with van der Waals surface area (Å²) in [4.78, 5) is 13.3. The minimum absolute atomic E-state index is 0. The zero-order valence-electron chi connectivity index (χ0n) is 20.9. The van der Waals surface area contributed by atoms with Crippen LogP contribution in [0.15, 0.2) is 91.0 Å². The van der Waals surface area contributed by atoms with Gasteiger partial charge in [-0.3, -0.25) is 0 Å². The van der Waals surface area contributed by atoms with Gasteiger partial charge in [-0.2, -0.15) is 0 Å². The van der Waals surface area contributed by atoms with Gasteiger partial charge in [-0.05, 0) is 0 Å². The maximum Gasteiger partial charge on any atom is -1.00 e. The van der Waals surface area contributed by atoms with Crippen LogP contribution in [-0.4, -0.2) is 51.0 Å². The monoisotopic (exact) mass is 593 g/mol. The molecule has 5 rings (SSSR count). The van der Waals surface area contributed by atoms with Crippen LogP contribution < -0.4 is 17.0 Å². The van der Waals surface area contributed by atoms with Crippen molar-refractivity contribution in [1.29, 1.82) is 0 Å². The van der Waals surface area contributed by atoms with E-state index in [2.05, 4.69) is 74.8 Å². The summed E-state index contributed by atoms with van der Waals surface area (Å²) in [6.45, 7) is 0. The van der Waals surface area contributed by atoms with Crippen LogP contribution in [0.3, 0.4) is 0 Å². The molecule has 35 heavy (non-hydrogen) atoms. The molecule has 2 fully saturated rings. The van der Waals surface area contributed by atoms with Crippen molar-refractivity contribution in [3.63, 3.8) is 0 Å². The molecule has 0 amide bonds. The van der Waals surface area contributed by atoms with Gasteiger partial charge >= 0.3 is 212 Å². The number of carbonyl (C=O) groups excluding carboxylic acids is 1. The molecule has 0 radical (unpaired) electrons. The summed E-state index contributed by atoms with van der Waals surface area (Å²) >= 11 is -0.822. The standard InChI is InChI=1S/C31H37AsNO.BrH/c1-33(2)28-18-19-29(33)21-24(20-28)22-31(26-14-8-4-9-15-26,27-16-10-5-11-17-27)23-32-30(34)25-12-6-3-7-13-25;/h3-17,24,28-29,32H,18-23H2,1-2H3;1H/q+1;/p-1/t24?,28-,29+;. The molecule has 2 aliphatic rings. The topological polar surface area (TPSA) is 17.1 Å². The van der Waals surface area contributed by atoms with E-state index >= 15 is 0 Å². The normalized spacial score (nSPS) is 23.2. The molecule has 2 bridgehead atoms. The fourth-order valence-electron chi connectivity index (χ4n) is 6.77. The SMILES string of the molecule is C[N+]1(C)[C@@H]2CC[C@H]1CC(CC(C[AsH]C(=O)c1ccccc1)(c1ccccc1)c1ccccc1)C2.[Br-]. The molecule has 2 nitrogen and oxygen atoms in total. The molecule has 0 spiro atoms. The molecule has 2 aliphatic heterocycles. The Balaban J connectivity index is 0.00000289. The van der Waals surface area contributed by atoms with E-state index in [4.69, 9.17) is 0 Å². The Morgan fingerprint density at radius 2 is 1.26 bits per heavy atom. The second-order valence-corrected chi connectivity index (χ2v) is 13.4. The minimum Gasteiger partial charge on any atom is -1.00 e. The van der Waals surface area contributed by atoms with Crippen LogP contribution in [0.5, 0.6) is 0 Å². The van der Waals surface area contributed by atoms with Crippen molar-refractivity contribution in [1.82, 2.24) is 0 Å². The number of nitrogens with zero attached hydrogens (tertiary/aromatic N) is 1. The van der Waals surface area contributed by atoms with Gasteiger partial charge in [-0.15, -0.1) is 0 Å². The van der Waals surface area contributed by atoms with E-state index in [-0.39, 0.29) is 22.4 Å². The van der Waals surface area contributed by atoms with Crippen LogP contribution in [0.4, 0.5) is 0 Å². The van der Waals surface area contributed by atoms with Gasteiger partial charge in [0.25, 0.3) is 0 Å². The summed E-state index contributed by atoms with van der Waals surface area (Å²) in [6, 6.07) is 33.7. The third-order valence-corrected chi connectivity index (χ3v) is 11.7. The van der Waals surface area contributed by atoms with E-state index < -0.39 is 15.8 Å². The number of carbonyl (C=O) groups is 1. The van der Waals surface area contributed by atoms with E-state index in [1.54, 1.807) is 0 Å². The molecule has 2 saturated heterocycles. The van der Waals surface area contributed by atoms with E-state index in [9.17, 15) is 4.79 Å². The Labute approximate surface area is 228 Å². The van der Waals surface area contributed by atoms with Crippen molar-refractivity contribution >= 4 is 20.3 Å². The number of halogens is 1. The van der Waals surface area contributed by atoms with Gasteiger partial charge in [0.2, 0.25) is 0 Å². The fourth-order valence-corrected chi connectivity index (χ4v) is 9.68. The van der Waals surface area contributed by atoms with Crippen LogP contribution in [0.2, 0.25) is 5.21 Å². The van der Waals surface area contributed by atoms with Crippen LogP contribution >= 0.6 is 0 Å². The third kappa shape index (κ3) is 5.38. The van der Waals surface area contributed by atoms with Crippen molar-refractivity contribution in [2.75, 3.05) is 14.1 Å². The van der Waals surface area contributed by atoms with Gasteiger partial charge in [0, 0.05) is 0 Å². The largest absolute Gasteiger partial charge is 1.00 e. The quantitative estimate of drug-likeness (QED) is 0.290. The first-order valence-corrected chi connectivity index (χ1v) is 15.3. The van der Waals surface area contributed by atoms with Crippen molar-refractivity contribution in [2.45, 2.75) is 54.8 Å². The summed E-state index contributed by atoms with van der Waals surface area (Å²) in [5.41, 5.74) is 3.56. The molecule has 2 unspecified atom stereocenters. The van der Waals surface area contributed by atoms with Gasteiger partial charge in [0.1, 0.15) is 0 Å². The first-order valence-electron chi connectivity index (χ1n) is 12.8. The average molecular weight is 594 g/mol. The Bertz CT molecular complexity index is 1050. The van der Waals surface area contributed by atoms with E-state index in [1.165, 1.54) is 41.3 Å². The predicted octanol–water partition coefficient (Wildman–Crippen LogP) is 3.08. The van der Waals surface area contributed by atoms with E-state index in [1.807, 2.05) is 30.3 Å². The molecule has 3 aromatic rings. The van der Waals surface area contributed by atoms with Crippen molar-refractivity contribution in [3.05, 3.63) is 108 Å². The molecule has 4 heteroatoms. The first kappa shape index (κ1) is 26.4. The molecule has 4 atom stereocenters. The van der Waals surface area contributed by atoms with E-state index in [0.717, 1.165) is 29.3 Å². The molecule has 184 valence electrons. The van der Waals surface area contributed by atoms with Crippen molar-refractivity contribution < 1.29 is 26.3 Å². The molecule has 2 heterocycles. The second-order valence-electron chi connectivity index (χ2n) is 10.9. The third-order valence-electron chi connectivity index (χ3n) is 8.80. The number of rotatable bonds is 8. The van der Waals surface area contributed by atoms with E-state index in [0.29, 0.717) is 10.5 Å². The summed E-state index contributed by atoms with van der Waals surface area (Å²) in [5, 5.41) is 0.971. The first-order chi connectivity index (χ1) is 16.5. The molecular formula is C31H37AsBrNO. The molecule has 3 aromatic carbocycles.